The number of hydrogen-bond donors (Lipinski definition) is 1. The summed E-state index contributed by atoms with van der Waals surface area (Å²) >= 11 is 0. The predicted octanol–water partition coefficient (Wildman–Crippen LogP) is 1.60. The van der Waals surface area contributed by atoms with E-state index < -0.39 is 9.84 Å². The minimum atomic E-state index is -3.25. The van der Waals surface area contributed by atoms with Crippen molar-refractivity contribution in [1.82, 2.24) is 4.90 Å². The maximum absolute atomic E-state index is 12.0. The lowest BCUT2D eigenvalue weighted by Gasteiger charge is -2.33. The van der Waals surface area contributed by atoms with Crippen LogP contribution in [0, 0.1) is 5.92 Å². The average Bonchev–Trinajstić information content (AvgIpc) is 2.38. The fourth-order valence-electron chi connectivity index (χ4n) is 2.60. The molecule has 1 rings (SSSR count). The van der Waals surface area contributed by atoms with E-state index in [1.807, 2.05) is 13.8 Å². The summed E-state index contributed by atoms with van der Waals surface area (Å²) < 4.78 is 23.7. The summed E-state index contributed by atoms with van der Waals surface area (Å²) in [5.74, 6) is -0.00699. The molecule has 0 bridgehead atoms. The van der Waals surface area contributed by atoms with Crippen molar-refractivity contribution in [3.63, 3.8) is 0 Å². The van der Waals surface area contributed by atoms with Crippen molar-refractivity contribution in [3.8, 4) is 0 Å². The van der Waals surface area contributed by atoms with E-state index in [1.165, 1.54) is 0 Å². The third-order valence-electron chi connectivity index (χ3n) is 4.04. The summed E-state index contributed by atoms with van der Waals surface area (Å²) in [6.45, 7) is 5.28. The normalized spacial score (nSPS) is 18.1. The number of piperidine rings is 1. The molecule has 0 radical (unpaired) electrons. The summed E-state index contributed by atoms with van der Waals surface area (Å²) in [6, 6.07) is 0.144. The lowest BCUT2D eigenvalue weighted by Crippen LogP contribution is -2.44. The minimum Gasteiger partial charge on any atom is -0.342 e. The van der Waals surface area contributed by atoms with Gasteiger partial charge in [-0.1, -0.05) is 19.8 Å². The molecule has 126 valence electrons. The molecule has 2 N–H and O–H groups in total. The molecular weight excluding hydrogens is 312 g/mol. The number of amides is 1. The van der Waals surface area contributed by atoms with E-state index >= 15 is 0 Å². The summed E-state index contributed by atoms with van der Waals surface area (Å²) in [5, 5.41) is 0. The number of unbranched alkanes of at least 4 members (excludes halogenated alkanes) is 2. The van der Waals surface area contributed by atoms with Gasteiger partial charge in [-0.15, -0.1) is 12.4 Å². The topological polar surface area (TPSA) is 80.5 Å². The van der Waals surface area contributed by atoms with E-state index in [0.717, 1.165) is 25.7 Å². The molecule has 21 heavy (non-hydrogen) atoms. The summed E-state index contributed by atoms with van der Waals surface area (Å²) in [7, 11) is -3.25. The first-order valence-electron chi connectivity index (χ1n) is 7.59. The van der Waals surface area contributed by atoms with Crippen LogP contribution >= 0.6 is 12.4 Å². The molecule has 7 heteroatoms. The molecule has 5 nitrogen and oxygen atoms in total. The molecule has 1 fully saturated rings. The van der Waals surface area contributed by atoms with Crippen LogP contribution in [0.3, 0.4) is 0 Å². The number of carbonyl (C=O) groups excluding carboxylic acids is 1. The van der Waals surface area contributed by atoms with Gasteiger partial charge in [-0.3, -0.25) is 4.79 Å². The van der Waals surface area contributed by atoms with Crippen LogP contribution in [-0.4, -0.2) is 49.9 Å². The molecule has 0 saturated carbocycles. The van der Waals surface area contributed by atoms with E-state index in [-0.39, 0.29) is 35.9 Å². The monoisotopic (exact) mass is 340 g/mol. The number of nitrogens with two attached hydrogens (primary N) is 1. The SMILES string of the molecule is CCCCCS(=O)(=O)CC(=O)N1CCC(C(C)N)CC1.Cl. The van der Waals surface area contributed by atoms with Crippen LogP contribution < -0.4 is 5.73 Å². The van der Waals surface area contributed by atoms with Crippen LogP contribution in [0.5, 0.6) is 0 Å². The number of rotatable bonds is 7. The Morgan fingerprint density at radius 2 is 1.86 bits per heavy atom. The zero-order valence-corrected chi connectivity index (χ0v) is 14.7. The lowest BCUT2D eigenvalue weighted by molar-refractivity contribution is -0.129. The minimum absolute atomic E-state index is 0. The maximum Gasteiger partial charge on any atom is 0.237 e. The lowest BCUT2D eigenvalue weighted by atomic mass is 9.91. The van der Waals surface area contributed by atoms with Gasteiger partial charge in [0.05, 0.1) is 5.75 Å². The van der Waals surface area contributed by atoms with Gasteiger partial charge in [-0.25, -0.2) is 8.42 Å². The van der Waals surface area contributed by atoms with Gasteiger partial charge in [-0.05, 0) is 32.1 Å². The number of nitrogens with zero attached hydrogens (tertiary/aromatic N) is 1. The van der Waals surface area contributed by atoms with Crippen molar-refractivity contribution in [2.45, 2.75) is 52.0 Å². The molecule has 1 aliphatic rings. The van der Waals surface area contributed by atoms with Crippen LogP contribution in [0.25, 0.3) is 0 Å². The molecule has 1 saturated heterocycles. The fraction of sp³-hybridized carbons (Fsp3) is 0.929. The Morgan fingerprint density at radius 1 is 1.29 bits per heavy atom. The van der Waals surface area contributed by atoms with Gasteiger partial charge in [0.15, 0.2) is 9.84 Å². The van der Waals surface area contributed by atoms with Crippen LogP contribution in [0.4, 0.5) is 0 Å². The molecule has 0 spiro atoms. The third kappa shape index (κ3) is 7.47. The Balaban J connectivity index is 0.00000400. The maximum atomic E-state index is 12.0. The molecule has 0 aromatic rings. The predicted molar refractivity (Wildman–Crippen MR) is 88.4 cm³/mol. The molecule has 1 amide bonds. The fourth-order valence-corrected chi connectivity index (χ4v) is 3.95. The molecule has 1 aliphatic heterocycles. The zero-order valence-electron chi connectivity index (χ0n) is 13.1. The number of halogens is 1. The van der Waals surface area contributed by atoms with Crippen LogP contribution in [-0.2, 0) is 14.6 Å². The smallest absolute Gasteiger partial charge is 0.237 e. The largest absolute Gasteiger partial charge is 0.342 e. The molecule has 0 aromatic heterocycles. The van der Waals surface area contributed by atoms with Crippen molar-refractivity contribution in [3.05, 3.63) is 0 Å². The molecule has 0 aliphatic carbocycles. The molecule has 1 heterocycles. The van der Waals surface area contributed by atoms with Crippen LogP contribution in [0.15, 0.2) is 0 Å². The van der Waals surface area contributed by atoms with E-state index in [2.05, 4.69) is 0 Å². The Bertz CT molecular complexity index is 404. The second-order valence-corrected chi connectivity index (χ2v) is 8.06. The van der Waals surface area contributed by atoms with Crippen molar-refractivity contribution in [2.75, 3.05) is 24.6 Å². The summed E-state index contributed by atoms with van der Waals surface area (Å²) in [6.07, 6.45) is 4.28. The van der Waals surface area contributed by atoms with Gasteiger partial charge in [0.25, 0.3) is 0 Å². The van der Waals surface area contributed by atoms with E-state index in [0.29, 0.717) is 25.4 Å². The highest BCUT2D eigenvalue weighted by molar-refractivity contribution is 7.92. The van der Waals surface area contributed by atoms with Crippen molar-refractivity contribution < 1.29 is 13.2 Å². The third-order valence-corrected chi connectivity index (χ3v) is 5.64. The molecular formula is C14H29ClN2O3S. The Hall–Kier alpha value is -0.330. The number of likely N-dealkylation sites (tertiary alicyclic amines) is 1. The Kier molecular flexibility index (Phi) is 9.49. The second kappa shape index (κ2) is 9.64. The first-order valence-corrected chi connectivity index (χ1v) is 9.41. The van der Waals surface area contributed by atoms with E-state index in [9.17, 15) is 13.2 Å². The summed E-state index contributed by atoms with van der Waals surface area (Å²) in [5.41, 5.74) is 5.86. The second-order valence-electron chi connectivity index (χ2n) is 5.88. The summed E-state index contributed by atoms with van der Waals surface area (Å²) in [4.78, 5) is 13.7. The average molecular weight is 341 g/mol. The van der Waals surface area contributed by atoms with Gasteiger partial charge in [-0.2, -0.15) is 0 Å². The van der Waals surface area contributed by atoms with Gasteiger partial charge in [0.2, 0.25) is 5.91 Å². The van der Waals surface area contributed by atoms with Gasteiger partial charge >= 0.3 is 0 Å². The Labute approximate surface area is 135 Å². The molecule has 1 unspecified atom stereocenters. The van der Waals surface area contributed by atoms with Crippen LogP contribution in [0.2, 0.25) is 0 Å². The van der Waals surface area contributed by atoms with Gasteiger partial charge in [0, 0.05) is 19.1 Å². The van der Waals surface area contributed by atoms with Crippen molar-refractivity contribution in [2.24, 2.45) is 11.7 Å². The van der Waals surface area contributed by atoms with E-state index in [4.69, 9.17) is 5.73 Å². The van der Waals surface area contributed by atoms with Crippen LogP contribution in [0.1, 0.15) is 46.0 Å². The van der Waals surface area contributed by atoms with Crippen molar-refractivity contribution in [1.29, 1.82) is 0 Å². The molecule has 1 atom stereocenters. The molecule has 0 aromatic carbocycles. The van der Waals surface area contributed by atoms with Gasteiger partial charge < -0.3 is 10.6 Å². The quantitative estimate of drug-likeness (QED) is 0.714. The highest BCUT2D eigenvalue weighted by atomic mass is 35.5. The van der Waals surface area contributed by atoms with Gasteiger partial charge in [0.1, 0.15) is 5.75 Å². The number of hydrogen-bond acceptors (Lipinski definition) is 4. The standard InChI is InChI=1S/C14H28N2O3S.ClH/c1-3-4-5-10-20(18,19)11-14(17)16-8-6-13(7-9-16)12(2)15;/h12-13H,3-11,15H2,1-2H3;1H. The zero-order chi connectivity index (χ0) is 15.2. The first kappa shape index (κ1) is 20.7. The first-order chi connectivity index (χ1) is 9.35. The number of carbonyl (C=O) groups is 1. The Morgan fingerprint density at radius 3 is 2.33 bits per heavy atom. The van der Waals surface area contributed by atoms with Crippen molar-refractivity contribution >= 4 is 28.2 Å². The highest BCUT2D eigenvalue weighted by Crippen LogP contribution is 2.19. The number of sulfone groups is 1. The highest BCUT2D eigenvalue weighted by Gasteiger charge is 2.27. The van der Waals surface area contributed by atoms with E-state index in [1.54, 1.807) is 4.90 Å².